The first-order chi connectivity index (χ1) is 14.1. The highest BCUT2D eigenvalue weighted by molar-refractivity contribution is 5.77. The SMILES string of the molecule is CCCOc1ccc(OCC(=O)NC2CCN(Cc3ccccc3)C(C)C2)cc1. The fraction of sp³-hybridized carbons (Fsp3) is 0.458. The van der Waals surface area contributed by atoms with Gasteiger partial charge in [-0.1, -0.05) is 37.3 Å². The normalized spacial score (nSPS) is 19.5. The zero-order valence-electron chi connectivity index (χ0n) is 17.5. The van der Waals surface area contributed by atoms with E-state index in [-0.39, 0.29) is 18.6 Å². The number of amides is 1. The number of likely N-dealkylation sites (tertiary alicyclic amines) is 1. The molecular weight excluding hydrogens is 364 g/mol. The number of piperidine rings is 1. The molecule has 0 radical (unpaired) electrons. The molecule has 1 heterocycles. The summed E-state index contributed by atoms with van der Waals surface area (Å²) in [6.07, 6.45) is 2.90. The van der Waals surface area contributed by atoms with Crippen LogP contribution in [0.3, 0.4) is 0 Å². The first kappa shape index (κ1) is 21.2. The van der Waals surface area contributed by atoms with Gasteiger partial charge in [0.1, 0.15) is 11.5 Å². The van der Waals surface area contributed by atoms with E-state index in [1.807, 2.05) is 30.3 Å². The summed E-state index contributed by atoms with van der Waals surface area (Å²) in [4.78, 5) is 14.8. The highest BCUT2D eigenvalue weighted by Gasteiger charge is 2.26. The van der Waals surface area contributed by atoms with Gasteiger partial charge in [0.15, 0.2) is 6.61 Å². The lowest BCUT2D eigenvalue weighted by Crippen LogP contribution is -2.49. The molecule has 2 unspecified atom stereocenters. The minimum atomic E-state index is -0.0648. The molecule has 2 atom stereocenters. The van der Waals surface area contributed by atoms with E-state index in [1.54, 1.807) is 0 Å². The number of nitrogens with one attached hydrogen (secondary N) is 1. The third-order valence-electron chi connectivity index (χ3n) is 5.27. The Morgan fingerprint density at radius 3 is 2.41 bits per heavy atom. The van der Waals surface area contributed by atoms with Crippen molar-refractivity contribution in [3.8, 4) is 11.5 Å². The van der Waals surface area contributed by atoms with E-state index >= 15 is 0 Å². The molecule has 0 aromatic heterocycles. The molecule has 1 saturated heterocycles. The topological polar surface area (TPSA) is 50.8 Å². The van der Waals surface area contributed by atoms with Crippen LogP contribution in [0.1, 0.15) is 38.7 Å². The molecule has 0 saturated carbocycles. The van der Waals surface area contributed by atoms with E-state index < -0.39 is 0 Å². The van der Waals surface area contributed by atoms with Crippen molar-refractivity contribution in [3.63, 3.8) is 0 Å². The molecule has 0 spiro atoms. The number of hydrogen-bond acceptors (Lipinski definition) is 4. The summed E-state index contributed by atoms with van der Waals surface area (Å²) in [6, 6.07) is 18.6. The molecule has 1 amide bonds. The predicted octanol–water partition coefficient (Wildman–Crippen LogP) is 4.02. The molecule has 0 bridgehead atoms. The molecule has 1 fully saturated rings. The molecule has 2 aromatic rings. The van der Waals surface area contributed by atoms with Crippen LogP contribution in [0.15, 0.2) is 54.6 Å². The zero-order valence-corrected chi connectivity index (χ0v) is 17.5. The number of carbonyl (C=O) groups is 1. The largest absolute Gasteiger partial charge is 0.494 e. The molecule has 0 aliphatic carbocycles. The van der Waals surface area contributed by atoms with Crippen LogP contribution in [-0.4, -0.2) is 42.6 Å². The summed E-state index contributed by atoms with van der Waals surface area (Å²) >= 11 is 0. The van der Waals surface area contributed by atoms with Crippen LogP contribution >= 0.6 is 0 Å². The fourth-order valence-electron chi connectivity index (χ4n) is 3.67. The van der Waals surface area contributed by atoms with E-state index in [4.69, 9.17) is 9.47 Å². The van der Waals surface area contributed by atoms with Crippen LogP contribution in [0.5, 0.6) is 11.5 Å². The van der Waals surface area contributed by atoms with Crippen molar-refractivity contribution in [2.75, 3.05) is 19.8 Å². The Kier molecular flexibility index (Phi) is 7.94. The van der Waals surface area contributed by atoms with Crippen molar-refractivity contribution in [1.82, 2.24) is 10.2 Å². The van der Waals surface area contributed by atoms with Crippen LogP contribution in [0.25, 0.3) is 0 Å². The highest BCUT2D eigenvalue weighted by atomic mass is 16.5. The molecule has 5 nitrogen and oxygen atoms in total. The lowest BCUT2D eigenvalue weighted by molar-refractivity contribution is -0.124. The molecule has 5 heteroatoms. The Labute approximate surface area is 174 Å². The Morgan fingerprint density at radius 2 is 1.76 bits per heavy atom. The minimum absolute atomic E-state index is 0.0355. The average molecular weight is 397 g/mol. The maximum Gasteiger partial charge on any atom is 0.258 e. The second-order valence-corrected chi connectivity index (χ2v) is 7.70. The van der Waals surface area contributed by atoms with Crippen LogP contribution in [0, 0.1) is 0 Å². The lowest BCUT2D eigenvalue weighted by atomic mass is 9.97. The zero-order chi connectivity index (χ0) is 20.5. The first-order valence-corrected chi connectivity index (χ1v) is 10.6. The van der Waals surface area contributed by atoms with Crippen molar-refractivity contribution < 1.29 is 14.3 Å². The molecule has 1 aliphatic rings. The van der Waals surface area contributed by atoms with E-state index in [9.17, 15) is 4.79 Å². The fourth-order valence-corrected chi connectivity index (χ4v) is 3.67. The van der Waals surface area contributed by atoms with E-state index in [0.29, 0.717) is 18.4 Å². The maximum absolute atomic E-state index is 12.3. The number of nitrogens with zero attached hydrogens (tertiary/aromatic N) is 1. The number of ether oxygens (including phenoxy) is 2. The van der Waals surface area contributed by atoms with Gasteiger partial charge < -0.3 is 14.8 Å². The Morgan fingerprint density at radius 1 is 1.07 bits per heavy atom. The summed E-state index contributed by atoms with van der Waals surface area (Å²) < 4.78 is 11.2. The van der Waals surface area contributed by atoms with Gasteiger partial charge in [-0.2, -0.15) is 0 Å². The summed E-state index contributed by atoms with van der Waals surface area (Å²) in [5.41, 5.74) is 1.33. The summed E-state index contributed by atoms with van der Waals surface area (Å²) in [6.45, 7) is 6.99. The average Bonchev–Trinajstić information content (AvgIpc) is 2.74. The maximum atomic E-state index is 12.3. The number of rotatable bonds is 9. The van der Waals surface area contributed by atoms with Crippen molar-refractivity contribution in [2.24, 2.45) is 0 Å². The first-order valence-electron chi connectivity index (χ1n) is 10.6. The smallest absolute Gasteiger partial charge is 0.258 e. The van der Waals surface area contributed by atoms with Crippen LogP contribution < -0.4 is 14.8 Å². The standard InChI is InChI=1S/C24H32N2O3/c1-3-15-28-22-9-11-23(12-10-22)29-18-24(27)25-21-13-14-26(19(2)16-21)17-20-7-5-4-6-8-20/h4-12,19,21H,3,13-18H2,1-2H3,(H,25,27). The van der Waals surface area contributed by atoms with Gasteiger partial charge in [-0.05, 0) is 56.0 Å². The molecule has 29 heavy (non-hydrogen) atoms. The Balaban J connectivity index is 1.39. The van der Waals surface area contributed by atoms with Gasteiger partial charge in [-0.25, -0.2) is 0 Å². The molecule has 2 aromatic carbocycles. The van der Waals surface area contributed by atoms with Gasteiger partial charge in [-0.3, -0.25) is 9.69 Å². The summed E-state index contributed by atoms with van der Waals surface area (Å²) in [5, 5.41) is 3.13. The highest BCUT2D eigenvalue weighted by Crippen LogP contribution is 2.20. The van der Waals surface area contributed by atoms with E-state index in [2.05, 4.69) is 48.3 Å². The van der Waals surface area contributed by atoms with E-state index in [0.717, 1.165) is 38.1 Å². The molecular formula is C24H32N2O3. The van der Waals surface area contributed by atoms with Crippen molar-refractivity contribution >= 4 is 5.91 Å². The van der Waals surface area contributed by atoms with Crippen molar-refractivity contribution in [2.45, 2.75) is 51.7 Å². The Bertz CT molecular complexity index is 748. The molecule has 3 rings (SSSR count). The number of hydrogen-bond donors (Lipinski definition) is 1. The molecule has 156 valence electrons. The van der Waals surface area contributed by atoms with Crippen molar-refractivity contribution in [3.05, 3.63) is 60.2 Å². The van der Waals surface area contributed by atoms with Crippen LogP contribution in [-0.2, 0) is 11.3 Å². The minimum Gasteiger partial charge on any atom is -0.494 e. The third-order valence-corrected chi connectivity index (χ3v) is 5.27. The molecule has 1 N–H and O–H groups in total. The van der Waals surface area contributed by atoms with Gasteiger partial charge in [0.05, 0.1) is 6.61 Å². The summed E-state index contributed by atoms with van der Waals surface area (Å²) in [7, 11) is 0. The van der Waals surface area contributed by atoms with Gasteiger partial charge in [-0.15, -0.1) is 0 Å². The van der Waals surface area contributed by atoms with Crippen LogP contribution in [0.2, 0.25) is 0 Å². The van der Waals surface area contributed by atoms with Crippen molar-refractivity contribution in [1.29, 1.82) is 0 Å². The number of carbonyl (C=O) groups excluding carboxylic acids is 1. The quantitative estimate of drug-likeness (QED) is 0.695. The van der Waals surface area contributed by atoms with Gasteiger partial charge in [0.25, 0.3) is 5.91 Å². The van der Waals surface area contributed by atoms with Gasteiger partial charge in [0.2, 0.25) is 0 Å². The van der Waals surface area contributed by atoms with Gasteiger partial charge >= 0.3 is 0 Å². The van der Waals surface area contributed by atoms with Crippen LogP contribution in [0.4, 0.5) is 0 Å². The second kappa shape index (κ2) is 10.9. The van der Waals surface area contributed by atoms with E-state index in [1.165, 1.54) is 5.56 Å². The van der Waals surface area contributed by atoms with Gasteiger partial charge in [0, 0.05) is 25.2 Å². The molecule has 1 aliphatic heterocycles. The second-order valence-electron chi connectivity index (χ2n) is 7.70. The number of benzene rings is 2. The Hall–Kier alpha value is -2.53. The lowest BCUT2D eigenvalue weighted by Gasteiger charge is -2.38. The summed E-state index contributed by atoms with van der Waals surface area (Å²) in [5.74, 6) is 1.43. The third kappa shape index (κ3) is 6.79. The monoisotopic (exact) mass is 396 g/mol. The predicted molar refractivity (Wildman–Crippen MR) is 115 cm³/mol.